The third-order valence-corrected chi connectivity index (χ3v) is 6.06. The minimum Gasteiger partial charge on any atom is -0.381 e. The lowest BCUT2D eigenvalue weighted by Gasteiger charge is -2.40. The van der Waals surface area contributed by atoms with Crippen molar-refractivity contribution in [3.05, 3.63) is 0 Å². The maximum atomic E-state index is 5.53. The third kappa shape index (κ3) is 2.17. The summed E-state index contributed by atoms with van der Waals surface area (Å²) in [7, 11) is 0. The molecule has 0 aromatic rings. The van der Waals surface area contributed by atoms with Gasteiger partial charge in [-0.25, -0.2) is 0 Å². The van der Waals surface area contributed by atoms with Crippen molar-refractivity contribution >= 4 is 34.4 Å². The number of ether oxygens (including phenoxy) is 1. The van der Waals surface area contributed by atoms with Gasteiger partial charge in [-0.05, 0) is 42.1 Å². The van der Waals surface area contributed by atoms with Gasteiger partial charge in [0.2, 0.25) is 0 Å². The topological polar surface area (TPSA) is 9.23 Å². The van der Waals surface area contributed by atoms with E-state index in [-0.39, 0.29) is 0 Å². The van der Waals surface area contributed by atoms with E-state index in [1.807, 2.05) is 0 Å². The van der Waals surface area contributed by atoms with E-state index < -0.39 is 0 Å². The van der Waals surface area contributed by atoms with Gasteiger partial charge >= 0.3 is 0 Å². The highest BCUT2D eigenvalue weighted by molar-refractivity contribution is 14.1. The highest BCUT2D eigenvalue weighted by atomic mass is 127. The summed E-state index contributed by atoms with van der Waals surface area (Å²) in [6.45, 7) is 2.05. The summed E-state index contributed by atoms with van der Waals surface area (Å²) in [5, 5.41) is 0. The molecular formula is C10H17IOS. The fourth-order valence-electron chi connectivity index (χ4n) is 2.45. The Morgan fingerprint density at radius 3 is 2.69 bits per heavy atom. The Kier molecular flexibility index (Phi) is 3.82. The van der Waals surface area contributed by atoms with Crippen LogP contribution in [0.3, 0.4) is 0 Å². The first-order valence-corrected chi connectivity index (χ1v) is 7.77. The van der Waals surface area contributed by atoms with Crippen molar-refractivity contribution in [2.24, 2.45) is 11.3 Å². The van der Waals surface area contributed by atoms with E-state index >= 15 is 0 Å². The Bertz CT molecular complexity index is 162. The lowest BCUT2D eigenvalue weighted by Crippen LogP contribution is -2.36. The monoisotopic (exact) mass is 312 g/mol. The molecule has 1 unspecified atom stereocenters. The van der Waals surface area contributed by atoms with Crippen LogP contribution in [-0.4, -0.2) is 29.1 Å². The largest absolute Gasteiger partial charge is 0.381 e. The second-order valence-electron chi connectivity index (χ2n) is 4.17. The average molecular weight is 312 g/mol. The summed E-state index contributed by atoms with van der Waals surface area (Å²) in [4.78, 5) is 0. The molecule has 2 aliphatic rings. The number of rotatable bonds is 2. The van der Waals surface area contributed by atoms with Crippen LogP contribution in [0.25, 0.3) is 0 Å². The SMILES string of the molecule is ICC1(C2CCOC2)CCSCC1. The maximum absolute atomic E-state index is 5.53. The van der Waals surface area contributed by atoms with Crippen LogP contribution in [0.2, 0.25) is 0 Å². The minimum atomic E-state index is 0.641. The summed E-state index contributed by atoms with van der Waals surface area (Å²) in [6, 6.07) is 0. The smallest absolute Gasteiger partial charge is 0.0500 e. The Morgan fingerprint density at radius 1 is 1.38 bits per heavy atom. The van der Waals surface area contributed by atoms with Gasteiger partial charge in [-0.2, -0.15) is 11.8 Å². The van der Waals surface area contributed by atoms with Gasteiger partial charge in [-0.1, -0.05) is 22.6 Å². The summed E-state index contributed by atoms with van der Waals surface area (Å²) in [6.07, 6.45) is 4.16. The lowest BCUT2D eigenvalue weighted by atomic mass is 9.72. The second-order valence-corrected chi connectivity index (χ2v) is 6.16. The first-order valence-electron chi connectivity index (χ1n) is 5.09. The van der Waals surface area contributed by atoms with Crippen LogP contribution in [0.15, 0.2) is 0 Å². The lowest BCUT2D eigenvalue weighted by molar-refractivity contribution is 0.129. The maximum Gasteiger partial charge on any atom is 0.0500 e. The predicted molar refractivity (Wildman–Crippen MR) is 66.8 cm³/mol. The van der Waals surface area contributed by atoms with Gasteiger partial charge in [0.25, 0.3) is 0 Å². The van der Waals surface area contributed by atoms with Gasteiger partial charge in [0.1, 0.15) is 0 Å². The summed E-state index contributed by atoms with van der Waals surface area (Å²) < 4.78 is 6.86. The van der Waals surface area contributed by atoms with Crippen LogP contribution >= 0.6 is 34.4 Å². The molecule has 0 saturated carbocycles. The van der Waals surface area contributed by atoms with E-state index in [4.69, 9.17) is 4.74 Å². The molecule has 2 aliphatic heterocycles. The molecule has 0 aliphatic carbocycles. The Balaban J connectivity index is 2.03. The van der Waals surface area contributed by atoms with Gasteiger partial charge < -0.3 is 4.74 Å². The number of halogens is 1. The van der Waals surface area contributed by atoms with E-state index in [0.29, 0.717) is 5.41 Å². The molecular weight excluding hydrogens is 295 g/mol. The molecule has 2 saturated heterocycles. The van der Waals surface area contributed by atoms with E-state index in [2.05, 4.69) is 34.4 Å². The zero-order valence-electron chi connectivity index (χ0n) is 7.93. The zero-order valence-corrected chi connectivity index (χ0v) is 10.9. The minimum absolute atomic E-state index is 0.641. The van der Waals surface area contributed by atoms with E-state index in [1.165, 1.54) is 35.2 Å². The van der Waals surface area contributed by atoms with Crippen molar-refractivity contribution in [1.82, 2.24) is 0 Å². The van der Waals surface area contributed by atoms with Crippen LogP contribution in [0.1, 0.15) is 19.3 Å². The highest BCUT2D eigenvalue weighted by Crippen LogP contribution is 2.45. The fraction of sp³-hybridized carbons (Fsp3) is 1.00. The molecule has 2 rings (SSSR count). The molecule has 13 heavy (non-hydrogen) atoms. The molecule has 3 heteroatoms. The first kappa shape index (κ1) is 10.6. The number of hydrogen-bond acceptors (Lipinski definition) is 2. The van der Waals surface area contributed by atoms with Crippen molar-refractivity contribution in [3.8, 4) is 0 Å². The van der Waals surface area contributed by atoms with Crippen molar-refractivity contribution < 1.29 is 4.74 Å². The summed E-state index contributed by atoms with van der Waals surface area (Å²) >= 11 is 4.71. The molecule has 0 spiro atoms. The second kappa shape index (κ2) is 4.71. The van der Waals surface area contributed by atoms with Crippen LogP contribution in [0, 0.1) is 11.3 Å². The number of thioether (sulfide) groups is 1. The Labute approximate surface area is 98.5 Å². The van der Waals surface area contributed by atoms with Crippen molar-refractivity contribution in [2.75, 3.05) is 29.1 Å². The van der Waals surface area contributed by atoms with Crippen molar-refractivity contribution in [1.29, 1.82) is 0 Å². The van der Waals surface area contributed by atoms with Gasteiger partial charge in [-0.15, -0.1) is 0 Å². The summed E-state index contributed by atoms with van der Waals surface area (Å²) in [5.74, 6) is 3.62. The fourth-order valence-corrected chi connectivity index (χ4v) is 5.14. The summed E-state index contributed by atoms with van der Waals surface area (Å²) in [5.41, 5.74) is 0.641. The van der Waals surface area contributed by atoms with Crippen LogP contribution in [0.5, 0.6) is 0 Å². The molecule has 0 radical (unpaired) electrons. The van der Waals surface area contributed by atoms with E-state index in [0.717, 1.165) is 19.1 Å². The quantitative estimate of drug-likeness (QED) is 0.573. The standard InChI is InChI=1S/C10H17IOS/c11-8-10(2-5-13-6-3-10)9-1-4-12-7-9/h9H,1-8H2. The van der Waals surface area contributed by atoms with E-state index in [9.17, 15) is 0 Å². The van der Waals surface area contributed by atoms with Crippen molar-refractivity contribution in [3.63, 3.8) is 0 Å². The molecule has 1 atom stereocenters. The van der Waals surface area contributed by atoms with Gasteiger partial charge in [0.05, 0.1) is 6.61 Å². The van der Waals surface area contributed by atoms with Crippen LogP contribution < -0.4 is 0 Å². The molecule has 0 bridgehead atoms. The molecule has 0 N–H and O–H groups in total. The third-order valence-electron chi connectivity index (χ3n) is 3.55. The first-order chi connectivity index (χ1) is 6.37. The highest BCUT2D eigenvalue weighted by Gasteiger charge is 2.40. The van der Waals surface area contributed by atoms with Crippen molar-refractivity contribution in [2.45, 2.75) is 19.3 Å². The molecule has 2 heterocycles. The predicted octanol–water partition coefficient (Wildman–Crippen LogP) is 2.97. The Hall–Kier alpha value is 1.04. The molecule has 0 amide bonds. The molecule has 0 aromatic heterocycles. The van der Waals surface area contributed by atoms with Crippen LogP contribution in [-0.2, 0) is 4.74 Å². The van der Waals surface area contributed by atoms with Gasteiger partial charge in [0.15, 0.2) is 0 Å². The molecule has 2 fully saturated rings. The normalized spacial score (nSPS) is 33.5. The van der Waals surface area contributed by atoms with Crippen LogP contribution in [0.4, 0.5) is 0 Å². The van der Waals surface area contributed by atoms with E-state index in [1.54, 1.807) is 0 Å². The van der Waals surface area contributed by atoms with Gasteiger partial charge in [0, 0.05) is 11.0 Å². The van der Waals surface area contributed by atoms with Gasteiger partial charge in [-0.3, -0.25) is 0 Å². The average Bonchev–Trinajstić information content (AvgIpc) is 2.72. The molecule has 76 valence electrons. The molecule has 1 nitrogen and oxygen atoms in total. The molecule has 0 aromatic carbocycles. The Morgan fingerprint density at radius 2 is 2.15 bits per heavy atom. The zero-order chi connectivity index (χ0) is 9.15. The number of alkyl halides is 1. The number of hydrogen-bond donors (Lipinski definition) is 0.